The first kappa shape index (κ1) is 14.1. The van der Waals surface area contributed by atoms with Crippen molar-refractivity contribution in [1.29, 1.82) is 0 Å². The van der Waals surface area contributed by atoms with E-state index in [1.54, 1.807) is 5.56 Å². The third-order valence-electron chi connectivity index (χ3n) is 4.88. The van der Waals surface area contributed by atoms with Gasteiger partial charge in [0, 0.05) is 18.6 Å². The van der Waals surface area contributed by atoms with Gasteiger partial charge >= 0.3 is 0 Å². The maximum Gasteiger partial charge on any atom is 0.0208 e. The zero-order valence-electron chi connectivity index (χ0n) is 12.9. The Bertz CT molecular complexity index is 412. The summed E-state index contributed by atoms with van der Waals surface area (Å²) in [6.45, 7) is 8.12. The van der Waals surface area contributed by atoms with Gasteiger partial charge in [-0.2, -0.15) is 0 Å². The third kappa shape index (κ3) is 3.62. The molecule has 1 aliphatic heterocycles. The van der Waals surface area contributed by atoms with Gasteiger partial charge in [-0.05, 0) is 69.7 Å². The highest BCUT2D eigenvalue weighted by Gasteiger charge is 2.23. The van der Waals surface area contributed by atoms with Crippen LogP contribution in [0.15, 0.2) is 24.3 Å². The Hall–Kier alpha value is -0.860. The molecule has 1 saturated heterocycles. The Morgan fingerprint density at radius 3 is 2.25 bits per heavy atom. The number of benzene rings is 1. The molecule has 2 heteroatoms. The van der Waals surface area contributed by atoms with Crippen LogP contribution in [-0.4, -0.2) is 30.1 Å². The molecule has 2 aliphatic rings. The maximum absolute atomic E-state index is 3.74. The van der Waals surface area contributed by atoms with Crippen LogP contribution >= 0.6 is 0 Å². The van der Waals surface area contributed by atoms with Crippen molar-refractivity contribution < 1.29 is 0 Å². The number of nitrogens with zero attached hydrogens (tertiary/aromatic N) is 1. The lowest BCUT2D eigenvalue weighted by molar-refractivity contribution is 0.161. The molecule has 0 spiro atoms. The normalized spacial score (nSPS) is 21.6. The van der Waals surface area contributed by atoms with Crippen LogP contribution in [-0.2, 0) is 6.54 Å². The summed E-state index contributed by atoms with van der Waals surface area (Å²) in [5.41, 5.74) is 2.97. The van der Waals surface area contributed by atoms with Crippen LogP contribution in [0.25, 0.3) is 0 Å². The summed E-state index contributed by atoms with van der Waals surface area (Å²) in [5, 5.41) is 3.74. The Kier molecular flexibility index (Phi) is 4.42. The molecule has 0 aromatic heterocycles. The first-order valence-corrected chi connectivity index (χ1v) is 8.28. The monoisotopic (exact) mass is 272 g/mol. The molecule has 0 amide bonds. The van der Waals surface area contributed by atoms with Crippen LogP contribution in [0.4, 0.5) is 0 Å². The molecule has 0 atom stereocenters. The van der Waals surface area contributed by atoms with Gasteiger partial charge in [0.1, 0.15) is 0 Å². The van der Waals surface area contributed by atoms with Crippen molar-refractivity contribution in [1.82, 2.24) is 10.2 Å². The molecule has 1 saturated carbocycles. The highest BCUT2D eigenvalue weighted by Crippen LogP contribution is 2.39. The zero-order chi connectivity index (χ0) is 13.9. The molecule has 0 bridgehead atoms. The minimum atomic E-state index is 0.700. The molecule has 1 heterocycles. The van der Waals surface area contributed by atoms with Gasteiger partial charge in [0.25, 0.3) is 0 Å². The van der Waals surface area contributed by atoms with E-state index in [1.165, 1.54) is 44.3 Å². The lowest BCUT2D eigenvalue weighted by Crippen LogP contribution is -2.44. The van der Waals surface area contributed by atoms with Gasteiger partial charge in [-0.15, -0.1) is 0 Å². The Morgan fingerprint density at radius 1 is 1.05 bits per heavy atom. The lowest BCUT2D eigenvalue weighted by atomic mass is 10.0. The van der Waals surface area contributed by atoms with Crippen molar-refractivity contribution in [2.45, 2.75) is 64.1 Å². The fourth-order valence-corrected chi connectivity index (χ4v) is 3.21. The summed E-state index contributed by atoms with van der Waals surface area (Å²) in [6, 6.07) is 10.7. The van der Waals surface area contributed by atoms with Gasteiger partial charge in [0.05, 0.1) is 0 Å². The molecule has 2 nitrogen and oxygen atoms in total. The number of hydrogen-bond acceptors (Lipinski definition) is 2. The number of piperidine rings is 1. The van der Waals surface area contributed by atoms with Crippen molar-refractivity contribution in [3.63, 3.8) is 0 Å². The number of likely N-dealkylation sites (tertiary alicyclic amines) is 1. The van der Waals surface area contributed by atoms with Crippen LogP contribution in [0.5, 0.6) is 0 Å². The van der Waals surface area contributed by atoms with E-state index in [-0.39, 0.29) is 0 Å². The van der Waals surface area contributed by atoms with E-state index in [1.807, 2.05) is 0 Å². The van der Waals surface area contributed by atoms with Crippen LogP contribution in [0.3, 0.4) is 0 Å². The molecule has 1 N–H and O–H groups in total. The first-order valence-electron chi connectivity index (χ1n) is 8.28. The van der Waals surface area contributed by atoms with Crippen molar-refractivity contribution >= 4 is 0 Å². The van der Waals surface area contributed by atoms with Gasteiger partial charge in [-0.25, -0.2) is 0 Å². The van der Waals surface area contributed by atoms with Gasteiger partial charge in [0.15, 0.2) is 0 Å². The summed E-state index contributed by atoms with van der Waals surface area (Å²) >= 11 is 0. The molecule has 3 rings (SSSR count). The molecule has 2 fully saturated rings. The van der Waals surface area contributed by atoms with Crippen LogP contribution in [0.2, 0.25) is 0 Å². The number of nitrogens with one attached hydrogen (secondary N) is 1. The van der Waals surface area contributed by atoms with E-state index in [4.69, 9.17) is 0 Å². The molecule has 20 heavy (non-hydrogen) atoms. The molecular formula is C18H28N2. The lowest BCUT2D eigenvalue weighted by Gasteiger charge is -2.35. The zero-order valence-corrected chi connectivity index (χ0v) is 12.9. The first-order chi connectivity index (χ1) is 9.72. The molecule has 1 aromatic rings. The minimum absolute atomic E-state index is 0.700. The Labute approximate surface area is 123 Å². The average Bonchev–Trinajstić information content (AvgIpc) is 3.31. The summed E-state index contributed by atoms with van der Waals surface area (Å²) in [6.07, 6.45) is 5.37. The van der Waals surface area contributed by atoms with Gasteiger partial charge in [0.2, 0.25) is 0 Å². The van der Waals surface area contributed by atoms with Crippen molar-refractivity contribution in [2.24, 2.45) is 0 Å². The van der Waals surface area contributed by atoms with Crippen LogP contribution in [0, 0.1) is 0 Å². The molecule has 0 unspecified atom stereocenters. The molecule has 1 aromatic carbocycles. The second kappa shape index (κ2) is 6.28. The standard InChI is InChI=1S/C18H28N2/c1-14(2)20-11-9-18(10-12-20)19-13-15-3-5-16(6-4-15)17-7-8-17/h3-6,14,17-19H,7-13H2,1-2H3. The summed E-state index contributed by atoms with van der Waals surface area (Å²) in [7, 11) is 0. The molecule has 1 aliphatic carbocycles. The van der Waals surface area contributed by atoms with E-state index in [0.29, 0.717) is 12.1 Å². The second-order valence-electron chi connectivity index (χ2n) is 6.80. The summed E-state index contributed by atoms with van der Waals surface area (Å²) < 4.78 is 0. The fraction of sp³-hybridized carbons (Fsp3) is 0.667. The van der Waals surface area contributed by atoms with E-state index in [0.717, 1.165) is 12.5 Å². The van der Waals surface area contributed by atoms with Crippen molar-refractivity contribution in [3.05, 3.63) is 35.4 Å². The van der Waals surface area contributed by atoms with Crippen molar-refractivity contribution in [2.75, 3.05) is 13.1 Å². The molecular weight excluding hydrogens is 244 g/mol. The van der Waals surface area contributed by atoms with Crippen molar-refractivity contribution in [3.8, 4) is 0 Å². The molecule has 110 valence electrons. The third-order valence-corrected chi connectivity index (χ3v) is 4.88. The van der Waals surface area contributed by atoms with Crippen LogP contribution in [0.1, 0.15) is 56.6 Å². The smallest absolute Gasteiger partial charge is 0.0208 e. The van der Waals surface area contributed by atoms with E-state index < -0.39 is 0 Å². The Morgan fingerprint density at radius 2 is 1.70 bits per heavy atom. The average molecular weight is 272 g/mol. The van der Waals surface area contributed by atoms with E-state index >= 15 is 0 Å². The summed E-state index contributed by atoms with van der Waals surface area (Å²) in [4.78, 5) is 2.59. The van der Waals surface area contributed by atoms with E-state index in [2.05, 4.69) is 48.3 Å². The van der Waals surface area contributed by atoms with Gasteiger partial charge < -0.3 is 10.2 Å². The maximum atomic E-state index is 3.74. The van der Waals surface area contributed by atoms with Gasteiger partial charge in [-0.1, -0.05) is 24.3 Å². The van der Waals surface area contributed by atoms with Gasteiger partial charge in [-0.3, -0.25) is 0 Å². The Balaban J connectivity index is 1.43. The second-order valence-corrected chi connectivity index (χ2v) is 6.80. The van der Waals surface area contributed by atoms with E-state index in [9.17, 15) is 0 Å². The molecule has 0 radical (unpaired) electrons. The largest absolute Gasteiger partial charge is 0.310 e. The number of rotatable bonds is 5. The SMILES string of the molecule is CC(C)N1CCC(NCc2ccc(C3CC3)cc2)CC1. The quantitative estimate of drug-likeness (QED) is 0.882. The topological polar surface area (TPSA) is 15.3 Å². The number of hydrogen-bond donors (Lipinski definition) is 1. The predicted molar refractivity (Wildman–Crippen MR) is 85.0 cm³/mol. The fourth-order valence-electron chi connectivity index (χ4n) is 3.21. The minimum Gasteiger partial charge on any atom is -0.310 e. The highest BCUT2D eigenvalue weighted by atomic mass is 15.2. The predicted octanol–water partition coefficient (Wildman–Crippen LogP) is 3.53. The summed E-state index contributed by atoms with van der Waals surface area (Å²) in [5.74, 6) is 0.873. The van der Waals surface area contributed by atoms with Crippen LogP contribution < -0.4 is 5.32 Å². The highest BCUT2D eigenvalue weighted by molar-refractivity contribution is 5.28.